The van der Waals surface area contributed by atoms with Gasteiger partial charge in [-0.1, -0.05) is 30.7 Å². The summed E-state index contributed by atoms with van der Waals surface area (Å²) in [6, 6.07) is 0. The Kier molecular flexibility index (Phi) is 5.58. The van der Waals surface area contributed by atoms with Gasteiger partial charge in [-0.05, 0) is 64.5 Å². The lowest BCUT2D eigenvalue weighted by Crippen LogP contribution is -2.53. The van der Waals surface area contributed by atoms with E-state index >= 15 is 0 Å². The zero-order valence-electron chi connectivity index (χ0n) is 19.4. The molecular weight excluding hydrogens is 396 g/mol. The van der Waals surface area contributed by atoms with Gasteiger partial charge in [-0.3, -0.25) is 0 Å². The van der Waals surface area contributed by atoms with Crippen molar-refractivity contribution in [2.75, 3.05) is 6.61 Å². The summed E-state index contributed by atoms with van der Waals surface area (Å²) in [7, 11) is 0. The van der Waals surface area contributed by atoms with Crippen LogP contribution in [0, 0.1) is 11.3 Å². The number of hydrogen-bond donors (Lipinski definition) is 0. The molecule has 4 rings (SSSR count). The lowest BCUT2D eigenvalue weighted by molar-refractivity contribution is -0.450. The topological polar surface area (TPSA) is 63.2 Å². The molecule has 4 aliphatic rings. The van der Waals surface area contributed by atoms with E-state index in [1.54, 1.807) is 0 Å². The smallest absolute Gasteiger partial charge is 0.335 e. The number of rotatable bonds is 3. The fourth-order valence-electron chi connectivity index (χ4n) is 5.32. The second-order valence-electron chi connectivity index (χ2n) is 10.5. The first-order chi connectivity index (χ1) is 14.5. The fraction of sp³-hybridized carbons (Fsp3) is 0.640. The molecule has 0 aromatic rings. The van der Waals surface area contributed by atoms with Crippen molar-refractivity contribution >= 4 is 5.97 Å². The van der Waals surface area contributed by atoms with Gasteiger partial charge < -0.3 is 14.2 Å². The number of allylic oxidation sites excluding steroid dienone is 3. The zero-order chi connectivity index (χ0) is 22.5. The molecule has 3 heterocycles. The van der Waals surface area contributed by atoms with Crippen LogP contribution in [0.25, 0.3) is 0 Å². The van der Waals surface area contributed by atoms with Crippen LogP contribution in [0.2, 0.25) is 0 Å². The normalized spacial score (nSPS) is 41.9. The quantitative estimate of drug-likeness (QED) is 0.208. The van der Waals surface area contributed by atoms with Crippen LogP contribution in [-0.2, 0) is 28.8 Å². The molecule has 3 bridgehead atoms. The average molecular weight is 431 g/mol. The van der Waals surface area contributed by atoms with E-state index in [1.165, 1.54) is 12.3 Å². The van der Waals surface area contributed by atoms with Crippen molar-refractivity contribution in [1.82, 2.24) is 0 Å². The van der Waals surface area contributed by atoms with Crippen LogP contribution in [0.4, 0.5) is 0 Å². The van der Waals surface area contributed by atoms with Crippen LogP contribution >= 0.6 is 0 Å². The Morgan fingerprint density at radius 3 is 2.68 bits per heavy atom. The number of hydrogen-bond acceptors (Lipinski definition) is 6. The minimum atomic E-state index is -0.942. The van der Waals surface area contributed by atoms with E-state index in [4.69, 9.17) is 24.0 Å². The van der Waals surface area contributed by atoms with Crippen molar-refractivity contribution in [3.8, 4) is 0 Å². The number of carbonyl (C=O) groups excluding carboxylic acids is 1. The standard InChI is InChI=1S/C25H34O6/c1-17(2)14-21(26)27-13-9-19-23(5)11-7-10-22(3,4)30-31-24(6)15-20-25(19,29-24)18(8-12-23)16-28-20/h7-10,13-14,19-20H,11-12,15-16H2,1-6H3/b10-7-,13-9+/t19-,20+,23+,24+,25-/m1/s1. The molecule has 0 amide bonds. The van der Waals surface area contributed by atoms with Crippen molar-refractivity contribution in [1.29, 1.82) is 0 Å². The summed E-state index contributed by atoms with van der Waals surface area (Å²) in [5, 5.41) is 0. The van der Waals surface area contributed by atoms with Crippen LogP contribution in [0.1, 0.15) is 60.8 Å². The molecule has 0 N–H and O–H groups in total. The molecule has 0 unspecified atom stereocenters. The third-order valence-electron chi connectivity index (χ3n) is 6.79. The summed E-state index contributed by atoms with van der Waals surface area (Å²) in [5.74, 6) is -1.39. The first-order valence-corrected chi connectivity index (χ1v) is 11.1. The predicted octanol–water partition coefficient (Wildman–Crippen LogP) is 4.92. The van der Waals surface area contributed by atoms with Gasteiger partial charge in [0.2, 0.25) is 5.79 Å². The zero-order valence-corrected chi connectivity index (χ0v) is 19.4. The summed E-state index contributed by atoms with van der Waals surface area (Å²) < 4.78 is 18.3. The maximum absolute atomic E-state index is 12.0. The molecule has 5 atom stereocenters. The van der Waals surface area contributed by atoms with E-state index in [-0.39, 0.29) is 23.4 Å². The molecule has 2 fully saturated rings. The lowest BCUT2D eigenvalue weighted by atomic mass is 9.58. The molecule has 0 radical (unpaired) electrons. The minimum Gasteiger partial charge on any atom is -0.432 e. The average Bonchev–Trinajstić information content (AvgIpc) is 3.12. The number of ether oxygens (including phenoxy) is 3. The number of fused-ring (bicyclic) bond motifs is 2. The van der Waals surface area contributed by atoms with Crippen molar-refractivity contribution in [3.63, 3.8) is 0 Å². The molecule has 0 saturated carbocycles. The first kappa shape index (κ1) is 22.5. The van der Waals surface area contributed by atoms with Crippen molar-refractivity contribution in [2.24, 2.45) is 11.3 Å². The Bertz CT molecular complexity index is 863. The van der Waals surface area contributed by atoms with Gasteiger partial charge in [0.15, 0.2) is 0 Å². The highest BCUT2D eigenvalue weighted by Crippen LogP contribution is 2.61. The van der Waals surface area contributed by atoms with Gasteiger partial charge >= 0.3 is 5.97 Å². The maximum Gasteiger partial charge on any atom is 0.335 e. The monoisotopic (exact) mass is 430 g/mol. The summed E-state index contributed by atoms with van der Waals surface area (Å²) in [6.45, 7) is 12.4. The van der Waals surface area contributed by atoms with Gasteiger partial charge in [0.1, 0.15) is 11.2 Å². The van der Waals surface area contributed by atoms with Crippen LogP contribution < -0.4 is 0 Å². The van der Waals surface area contributed by atoms with Gasteiger partial charge in [-0.15, -0.1) is 0 Å². The second kappa shape index (κ2) is 7.69. The molecular formula is C25H34O6. The second-order valence-corrected chi connectivity index (χ2v) is 10.5. The number of carbonyl (C=O) groups is 1. The van der Waals surface area contributed by atoms with Crippen LogP contribution in [0.3, 0.4) is 0 Å². The molecule has 6 heteroatoms. The first-order valence-electron chi connectivity index (χ1n) is 11.1. The van der Waals surface area contributed by atoms with Crippen LogP contribution in [0.15, 0.2) is 47.8 Å². The van der Waals surface area contributed by atoms with Gasteiger partial charge in [-0.2, -0.15) is 0 Å². The Balaban J connectivity index is 1.75. The third kappa shape index (κ3) is 4.07. The van der Waals surface area contributed by atoms with E-state index < -0.39 is 17.0 Å². The molecule has 3 aliphatic heterocycles. The summed E-state index contributed by atoms with van der Waals surface area (Å²) >= 11 is 0. The molecule has 2 saturated heterocycles. The molecule has 1 aliphatic carbocycles. The number of esters is 1. The van der Waals surface area contributed by atoms with E-state index in [1.807, 2.05) is 46.8 Å². The highest BCUT2D eigenvalue weighted by Gasteiger charge is 2.68. The van der Waals surface area contributed by atoms with Crippen molar-refractivity contribution in [3.05, 3.63) is 47.8 Å². The van der Waals surface area contributed by atoms with Gasteiger partial charge in [0.05, 0.1) is 19.0 Å². The fourth-order valence-corrected chi connectivity index (χ4v) is 5.32. The Hall–Kier alpha value is -1.73. The SMILES string of the molecule is CC(C)=CC(=O)O/C=C/[C@@H]1[C@]2(C)CC=C3CO[C@H]4C[C@](C)(OOC(C)(C)/C=C\C2)O[C@@]341. The van der Waals surface area contributed by atoms with E-state index in [9.17, 15) is 4.79 Å². The molecule has 31 heavy (non-hydrogen) atoms. The molecule has 170 valence electrons. The predicted molar refractivity (Wildman–Crippen MR) is 116 cm³/mol. The van der Waals surface area contributed by atoms with Gasteiger partial charge in [0.25, 0.3) is 0 Å². The van der Waals surface area contributed by atoms with Crippen LogP contribution in [0.5, 0.6) is 0 Å². The lowest BCUT2D eigenvalue weighted by Gasteiger charge is -2.49. The molecule has 0 aromatic carbocycles. The summed E-state index contributed by atoms with van der Waals surface area (Å²) in [4.78, 5) is 23.7. The largest absolute Gasteiger partial charge is 0.432 e. The Morgan fingerprint density at radius 1 is 1.16 bits per heavy atom. The van der Waals surface area contributed by atoms with E-state index in [0.717, 1.165) is 24.0 Å². The van der Waals surface area contributed by atoms with E-state index in [2.05, 4.69) is 19.1 Å². The summed E-state index contributed by atoms with van der Waals surface area (Å²) in [6.07, 6.45) is 13.5. The molecule has 1 spiro atoms. The third-order valence-corrected chi connectivity index (χ3v) is 6.79. The Labute approximate surface area is 184 Å². The minimum absolute atomic E-state index is 0.0664. The van der Waals surface area contributed by atoms with Gasteiger partial charge in [0, 0.05) is 18.4 Å². The molecule has 0 aromatic heterocycles. The maximum atomic E-state index is 12.0. The van der Waals surface area contributed by atoms with Crippen molar-refractivity contribution < 1.29 is 28.8 Å². The molecule has 6 nitrogen and oxygen atoms in total. The van der Waals surface area contributed by atoms with Gasteiger partial charge in [-0.25, -0.2) is 14.6 Å². The summed E-state index contributed by atoms with van der Waals surface area (Å²) in [5.41, 5.74) is 0.616. The van der Waals surface area contributed by atoms with Crippen molar-refractivity contribution in [2.45, 2.75) is 83.9 Å². The van der Waals surface area contributed by atoms with Crippen LogP contribution in [-0.4, -0.2) is 35.7 Å². The Morgan fingerprint density at radius 2 is 1.94 bits per heavy atom. The highest BCUT2D eigenvalue weighted by molar-refractivity contribution is 5.83. The highest BCUT2D eigenvalue weighted by atomic mass is 17.2. The van der Waals surface area contributed by atoms with E-state index in [0.29, 0.717) is 13.0 Å².